The molecule has 8 heteroatoms. The number of hydrogen-bond donors (Lipinski definition) is 1. The molecule has 0 bridgehead atoms. The predicted molar refractivity (Wildman–Crippen MR) is 125 cm³/mol. The third-order valence-corrected chi connectivity index (χ3v) is 8.05. The Hall–Kier alpha value is -2.76. The molecular weight excluding hydrogens is 422 g/mol. The van der Waals surface area contributed by atoms with E-state index in [0.717, 1.165) is 42.5 Å². The molecule has 1 aliphatic rings. The number of nitrogens with zero attached hydrogens (tertiary/aromatic N) is 4. The van der Waals surface area contributed by atoms with Gasteiger partial charge in [-0.15, -0.1) is 0 Å². The van der Waals surface area contributed by atoms with Crippen molar-refractivity contribution in [2.24, 2.45) is 0 Å². The summed E-state index contributed by atoms with van der Waals surface area (Å²) in [5.74, 6) is 0. The summed E-state index contributed by atoms with van der Waals surface area (Å²) >= 11 is 0. The molecule has 1 fully saturated rings. The average Bonchev–Trinajstić information content (AvgIpc) is 3.38. The second kappa shape index (κ2) is 8.30. The summed E-state index contributed by atoms with van der Waals surface area (Å²) in [4.78, 5) is 9.18. The van der Waals surface area contributed by atoms with Crippen LogP contribution in [-0.2, 0) is 10.0 Å². The molecule has 0 atom stereocenters. The minimum absolute atomic E-state index is 0.110. The first-order valence-corrected chi connectivity index (χ1v) is 12.6. The Morgan fingerprint density at radius 3 is 2.53 bits per heavy atom. The van der Waals surface area contributed by atoms with Crippen LogP contribution in [0.4, 0.5) is 0 Å². The van der Waals surface area contributed by atoms with E-state index >= 15 is 0 Å². The van der Waals surface area contributed by atoms with Crippen LogP contribution in [-0.4, -0.2) is 28.5 Å². The zero-order valence-corrected chi connectivity index (χ0v) is 19.8. The maximum atomic E-state index is 12.8. The molecule has 168 valence electrons. The highest BCUT2D eigenvalue weighted by Gasteiger charge is 2.29. The summed E-state index contributed by atoms with van der Waals surface area (Å²) in [7, 11) is -3.70. The van der Waals surface area contributed by atoms with Crippen LogP contribution in [0.25, 0.3) is 22.4 Å². The lowest BCUT2D eigenvalue weighted by Crippen LogP contribution is -2.42. The van der Waals surface area contributed by atoms with Crippen LogP contribution in [0.2, 0.25) is 0 Å². The first-order chi connectivity index (χ1) is 15.2. The van der Waals surface area contributed by atoms with E-state index in [4.69, 9.17) is 0 Å². The standard InChI is InChI=1S/C24H29N5O2S/c1-5-24(3,4)28-32(30,31)18-10-11-20(26-15-18)23-19(13-25)22-21(12-16(2)14-27-22)29(23)17-8-6-7-9-17/h10-12,14-15,17,28H,5-9H2,1-4H3. The Morgan fingerprint density at radius 2 is 1.94 bits per heavy atom. The van der Waals surface area contributed by atoms with Gasteiger partial charge in [0.2, 0.25) is 10.0 Å². The molecule has 0 aromatic carbocycles. The first kappa shape index (κ1) is 22.4. The van der Waals surface area contributed by atoms with Crippen molar-refractivity contribution in [2.75, 3.05) is 0 Å². The number of aryl methyl sites for hydroxylation is 1. The summed E-state index contributed by atoms with van der Waals surface area (Å²) in [5.41, 5.74) is 3.88. The third kappa shape index (κ3) is 4.03. The lowest BCUT2D eigenvalue weighted by Gasteiger charge is -2.24. The van der Waals surface area contributed by atoms with Gasteiger partial charge >= 0.3 is 0 Å². The van der Waals surface area contributed by atoms with E-state index in [1.54, 1.807) is 18.3 Å². The molecule has 3 heterocycles. The van der Waals surface area contributed by atoms with Gasteiger partial charge in [0.25, 0.3) is 0 Å². The van der Waals surface area contributed by atoms with Crippen LogP contribution in [0.5, 0.6) is 0 Å². The van der Waals surface area contributed by atoms with Crippen LogP contribution in [0, 0.1) is 18.3 Å². The Bertz CT molecular complexity index is 1290. The molecule has 3 aromatic heterocycles. The van der Waals surface area contributed by atoms with Gasteiger partial charge in [0, 0.05) is 24.0 Å². The summed E-state index contributed by atoms with van der Waals surface area (Å²) in [6.45, 7) is 7.62. The molecule has 0 saturated heterocycles. The predicted octanol–water partition coefficient (Wildman–Crippen LogP) is 4.86. The fourth-order valence-corrected chi connectivity index (χ4v) is 5.78. The number of nitrogens with one attached hydrogen (secondary N) is 1. The fourth-order valence-electron chi connectivity index (χ4n) is 4.36. The van der Waals surface area contributed by atoms with Crippen LogP contribution in [0.15, 0.2) is 35.5 Å². The zero-order chi connectivity index (χ0) is 23.1. The van der Waals surface area contributed by atoms with Crippen molar-refractivity contribution in [3.05, 3.63) is 41.7 Å². The Kier molecular flexibility index (Phi) is 5.82. The molecule has 4 rings (SSSR count). The third-order valence-electron chi connectivity index (χ3n) is 6.36. The summed E-state index contributed by atoms with van der Waals surface area (Å²) < 4.78 is 30.6. The zero-order valence-electron chi connectivity index (χ0n) is 19.0. The van der Waals surface area contributed by atoms with Crippen molar-refractivity contribution in [3.63, 3.8) is 0 Å². The van der Waals surface area contributed by atoms with Crippen molar-refractivity contribution < 1.29 is 8.42 Å². The van der Waals surface area contributed by atoms with Crippen molar-refractivity contribution in [2.45, 2.75) is 76.3 Å². The second-order valence-corrected chi connectivity index (χ2v) is 10.9. The van der Waals surface area contributed by atoms with Gasteiger partial charge in [-0.05, 0) is 63.8 Å². The van der Waals surface area contributed by atoms with E-state index < -0.39 is 15.6 Å². The van der Waals surface area contributed by atoms with E-state index in [0.29, 0.717) is 23.2 Å². The lowest BCUT2D eigenvalue weighted by molar-refractivity contribution is 0.439. The average molecular weight is 452 g/mol. The number of nitriles is 1. The molecule has 1 saturated carbocycles. The summed E-state index contributed by atoms with van der Waals surface area (Å²) in [6.07, 6.45) is 8.19. The summed E-state index contributed by atoms with van der Waals surface area (Å²) in [6, 6.07) is 7.93. The molecule has 7 nitrogen and oxygen atoms in total. The highest BCUT2D eigenvalue weighted by molar-refractivity contribution is 7.89. The number of fused-ring (bicyclic) bond motifs is 1. The van der Waals surface area contributed by atoms with E-state index in [1.165, 1.54) is 6.20 Å². The van der Waals surface area contributed by atoms with E-state index in [-0.39, 0.29) is 10.9 Å². The van der Waals surface area contributed by atoms with Gasteiger partial charge in [0.05, 0.1) is 16.9 Å². The Labute approximate surface area is 189 Å². The summed E-state index contributed by atoms with van der Waals surface area (Å²) in [5, 5.41) is 10.0. The molecule has 32 heavy (non-hydrogen) atoms. The fraction of sp³-hybridized carbons (Fsp3) is 0.458. The molecule has 0 amide bonds. The quantitative estimate of drug-likeness (QED) is 0.577. The Balaban J connectivity index is 1.85. The van der Waals surface area contributed by atoms with Crippen molar-refractivity contribution in [1.29, 1.82) is 5.26 Å². The second-order valence-electron chi connectivity index (χ2n) is 9.25. The highest BCUT2D eigenvalue weighted by atomic mass is 32.2. The van der Waals surface area contributed by atoms with Crippen LogP contribution < -0.4 is 4.72 Å². The maximum Gasteiger partial charge on any atom is 0.242 e. The van der Waals surface area contributed by atoms with E-state index in [2.05, 4.69) is 31.4 Å². The monoisotopic (exact) mass is 451 g/mol. The number of aromatic nitrogens is 3. The van der Waals surface area contributed by atoms with Gasteiger partial charge in [-0.25, -0.2) is 13.1 Å². The number of sulfonamides is 1. The van der Waals surface area contributed by atoms with Crippen LogP contribution in [0.1, 0.15) is 70.0 Å². The Morgan fingerprint density at radius 1 is 1.22 bits per heavy atom. The number of pyridine rings is 2. The molecular formula is C24H29N5O2S. The largest absolute Gasteiger partial charge is 0.334 e. The maximum absolute atomic E-state index is 12.8. The lowest BCUT2D eigenvalue weighted by atomic mass is 10.0. The van der Waals surface area contributed by atoms with Crippen molar-refractivity contribution in [3.8, 4) is 17.5 Å². The van der Waals surface area contributed by atoms with Crippen molar-refractivity contribution >= 4 is 21.1 Å². The number of hydrogen-bond acceptors (Lipinski definition) is 5. The van der Waals surface area contributed by atoms with Gasteiger partial charge in [0.1, 0.15) is 22.0 Å². The molecule has 0 spiro atoms. The van der Waals surface area contributed by atoms with Crippen LogP contribution >= 0.6 is 0 Å². The van der Waals surface area contributed by atoms with Gasteiger partial charge in [-0.2, -0.15) is 5.26 Å². The molecule has 0 unspecified atom stereocenters. The molecule has 3 aromatic rings. The van der Waals surface area contributed by atoms with Crippen LogP contribution in [0.3, 0.4) is 0 Å². The van der Waals surface area contributed by atoms with Gasteiger partial charge in [-0.3, -0.25) is 9.97 Å². The molecule has 1 N–H and O–H groups in total. The molecule has 1 aliphatic carbocycles. The van der Waals surface area contributed by atoms with Gasteiger partial charge in [-0.1, -0.05) is 19.8 Å². The molecule has 0 radical (unpaired) electrons. The topological polar surface area (TPSA) is 101 Å². The SMILES string of the molecule is CCC(C)(C)NS(=O)(=O)c1ccc(-c2c(C#N)c3ncc(C)cc3n2C2CCCC2)nc1. The van der Waals surface area contributed by atoms with Crippen molar-refractivity contribution in [1.82, 2.24) is 19.3 Å². The first-order valence-electron chi connectivity index (χ1n) is 11.1. The molecule has 0 aliphatic heterocycles. The van der Waals surface area contributed by atoms with Gasteiger partial charge < -0.3 is 4.57 Å². The van der Waals surface area contributed by atoms with E-state index in [1.807, 2.05) is 27.7 Å². The van der Waals surface area contributed by atoms with E-state index in [9.17, 15) is 13.7 Å². The number of rotatable bonds is 6. The minimum Gasteiger partial charge on any atom is -0.334 e. The minimum atomic E-state index is -3.70. The smallest absolute Gasteiger partial charge is 0.242 e. The normalized spacial score (nSPS) is 15.3. The van der Waals surface area contributed by atoms with Gasteiger partial charge in [0.15, 0.2) is 0 Å². The highest BCUT2D eigenvalue weighted by Crippen LogP contribution is 2.40.